The van der Waals surface area contributed by atoms with Crippen LogP contribution in [0.25, 0.3) is 5.69 Å². The number of hydrogen-bond acceptors (Lipinski definition) is 4. The molecule has 1 aliphatic rings. The molecule has 0 radical (unpaired) electrons. The fraction of sp³-hybridized carbons (Fsp3) is 0.250. The molecule has 0 saturated carbocycles. The number of hydrogen-bond donors (Lipinski definition) is 1. The van der Waals surface area contributed by atoms with Crippen LogP contribution in [0, 0.1) is 5.82 Å². The summed E-state index contributed by atoms with van der Waals surface area (Å²) in [5.74, 6) is -1.06. The summed E-state index contributed by atoms with van der Waals surface area (Å²) in [5.41, 5.74) is -1.31. The van der Waals surface area contributed by atoms with E-state index in [1.54, 1.807) is 0 Å². The third kappa shape index (κ3) is 3.27. The molecule has 10 heteroatoms. The van der Waals surface area contributed by atoms with E-state index in [1.807, 2.05) is 0 Å². The number of halogens is 5. The maximum absolute atomic E-state index is 13.3. The van der Waals surface area contributed by atoms with Crippen molar-refractivity contribution in [2.75, 3.05) is 6.54 Å². The van der Waals surface area contributed by atoms with Crippen molar-refractivity contribution in [3.05, 3.63) is 75.8 Å². The number of aromatic nitrogens is 3. The molecule has 2 aromatic carbocycles. The van der Waals surface area contributed by atoms with Gasteiger partial charge in [0.1, 0.15) is 17.1 Å². The van der Waals surface area contributed by atoms with Crippen molar-refractivity contribution >= 4 is 17.4 Å². The average molecular weight is 439 g/mol. The molecular weight excluding hydrogens is 424 g/mol. The van der Waals surface area contributed by atoms with Crippen molar-refractivity contribution < 1.29 is 22.4 Å². The zero-order valence-corrected chi connectivity index (χ0v) is 16.4. The maximum Gasteiger partial charge on any atom is 0.417 e. The molecule has 4 rings (SSSR count). The molecular formula is C20H15ClF4N4O. The quantitative estimate of drug-likeness (QED) is 0.488. The van der Waals surface area contributed by atoms with Crippen LogP contribution in [0.5, 0.6) is 0 Å². The van der Waals surface area contributed by atoms with Crippen LogP contribution in [-0.4, -0.2) is 27.3 Å². The Bertz CT molecular complexity index is 1130. The Kier molecular flexibility index (Phi) is 4.90. The largest absolute Gasteiger partial charge is 0.417 e. The third-order valence-electron chi connectivity index (χ3n) is 5.15. The smallest absolute Gasteiger partial charge is 0.299 e. The number of Topliss-reactive ketones (excluding diaryl/α,β-unsaturated/α-hetero) is 1. The Labute approximate surface area is 173 Å². The van der Waals surface area contributed by atoms with Crippen LogP contribution in [0.2, 0.25) is 5.02 Å². The molecule has 3 aromatic rings. The summed E-state index contributed by atoms with van der Waals surface area (Å²) >= 11 is 5.97. The van der Waals surface area contributed by atoms with Gasteiger partial charge >= 0.3 is 6.18 Å². The van der Waals surface area contributed by atoms with Gasteiger partial charge < -0.3 is 0 Å². The molecule has 0 fully saturated rings. The molecule has 0 aliphatic carbocycles. The van der Waals surface area contributed by atoms with E-state index in [0.717, 1.165) is 12.1 Å². The zero-order valence-electron chi connectivity index (χ0n) is 15.6. The minimum absolute atomic E-state index is 0.259. The van der Waals surface area contributed by atoms with Crippen LogP contribution in [0.4, 0.5) is 17.6 Å². The molecule has 156 valence electrons. The van der Waals surface area contributed by atoms with Gasteiger partial charge in [0.2, 0.25) is 0 Å². The summed E-state index contributed by atoms with van der Waals surface area (Å²) in [4.78, 5) is 13.3. The van der Waals surface area contributed by atoms with Gasteiger partial charge in [-0.05, 0) is 43.3 Å². The van der Waals surface area contributed by atoms with Gasteiger partial charge in [0, 0.05) is 18.5 Å². The standard InChI is InChI=1S/C20H15ClF4N4O/c1-19(18(30)13-3-2-4-14(16(13)21)20(23,24)25)17-15(9-10-26-19)29(28-27-17)12-7-5-11(22)6-8-12/h2-8,26H,9-10H2,1H3. The third-order valence-corrected chi connectivity index (χ3v) is 5.56. The van der Waals surface area contributed by atoms with Gasteiger partial charge in [0.05, 0.1) is 22.0 Å². The van der Waals surface area contributed by atoms with Crippen LogP contribution in [0.3, 0.4) is 0 Å². The summed E-state index contributed by atoms with van der Waals surface area (Å²) < 4.78 is 54.4. The molecule has 5 nitrogen and oxygen atoms in total. The number of carbonyl (C=O) groups excluding carboxylic acids is 1. The second-order valence-electron chi connectivity index (χ2n) is 7.07. The molecule has 0 saturated heterocycles. The normalized spacial score (nSPS) is 18.9. The van der Waals surface area contributed by atoms with E-state index in [2.05, 4.69) is 15.6 Å². The van der Waals surface area contributed by atoms with Crippen molar-refractivity contribution in [3.8, 4) is 5.69 Å². The fourth-order valence-electron chi connectivity index (χ4n) is 3.60. The van der Waals surface area contributed by atoms with Crippen LogP contribution < -0.4 is 5.32 Å². The number of nitrogens with zero attached hydrogens (tertiary/aromatic N) is 3. The SMILES string of the molecule is CC1(C(=O)c2cccc(C(F)(F)F)c2Cl)NCCc2c1nnn2-c1ccc(F)cc1. The van der Waals surface area contributed by atoms with E-state index in [9.17, 15) is 22.4 Å². The fourth-order valence-corrected chi connectivity index (χ4v) is 3.92. The van der Waals surface area contributed by atoms with Crippen LogP contribution in [0.15, 0.2) is 42.5 Å². The van der Waals surface area contributed by atoms with Gasteiger partial charge in [-0.15, -0.1) is 5.10 Å². The lowest BCUT2D eigenvalue weighted by molar-refractivity contribution is -0.137. The molecule has 0 spiro atoms. The minimum Gasteiger partial charge on any atom is -0.299 e. The zero-order chi connectivity index (χ0) is 21.7. The molecule has 2 heterocycles. The van der Waals surface area contributed by atoms with Gasteiger partial charge in [-0.1, -0.05) is 22.9 Å². The molecule has 1 unspecified atom stereocenters. The van der Waals surface area contributed by atoms with Gasteiger partial charge in [0.25, 0.3) is 0 Å². The Morgan fingerprint density at radius 1 is 1.20 bits per heavy atom. The van der Waals surface area contributed by atoms with Crippen LogP contribution >= 0.6 is 11.6 Å². The van der Waals surface area contributed by atoms with E-state index >= 15 is 0 Å². The Morgan fingerprint density at radius 2 is 1.90 bits per heavy atom. The highest BCUT2D eigenvalue weighted by atomic mass is 35.5. The second-order valence-corrected chi connectivity index (χ2v) is 7.45. The lowest BCUT2D eigenvalue weighted by Gasteiger charge is -2.32. The number of ketones is 1. The highest BCUT2D eigenvalue weighted by Crippen LogP contribution is 2.39. The maximum atomic E-state index is 13.3. The molecule has 30 heavy (non-hydrogen) atoms. The first-order chi connectivity index (χ1) is 14.1. The Hall–Kier alpha value is -2.78. The molecule has 1 aromatic heterocycles. The number of nitrogens with one attached hydrogen (secondary N) is 1. The van der Waals surface area contributed by atoms with E-state index in [-0.39, 0.29) is 11.3 Å². The van der Waals surface area contributed by atoms with Gasteiger partial charge in [-0.3, -0.25) is 10.1 Å². The first-order valence-electron chi connectivity index (χ1n) is 8.99. The van der Waals surface area contributed by atoms with E-state index < -0.39 is 33.9 Å². The van der Waals surface area contributed by atoms with Gasteiger partial charge in [-0.25, -0.2) is 9.07 Å². The molecule has 1 atom stereocenters. The summed E-state index contributed by atoms with van der Waals surface area (Å²) in [5, 5.41) is 10.6. The number of benzene rings is 2. The van der Waals surface area contributed by atoms with Crippen molar-refractivity contribution in [1.29, 1.82) is 0 Å². The first kappa shape index (κ1) is 20.5. The number of fused-ring (bicyclic) bond motifs is 1. The second kappa shape index (κ2) is 7.17. The van der Waals surface area contributed by atoms with E-state index in [4.69, 9.17) is 11.6 Å². The lowest BCUT2D eigenvalue weighted by atomic mass is 9.83. The molecule has 1 aliphatic heterocycles. The molecule has 0 amide bonds. The number of rotatable bonds is 3. The van der Waals surface area contributed by atoms with E-state index in [0.29, 0.717) is 24.3 Å². The van der Waals surface area contributed by atoms with Crippen molar-refractivity contribution in [2.24, 2.45) is 0 Å². The monoisotopic (exact) mass is 438 g/mol. The highest BCUT2D eigenvalue weighted by Gasteiger charge is 2.45. The molecule has 1 N–H and O–H groups in total. The van der Waals surface area contributed by atoms with Crippen molar-refractivity contribution in [2.45, 2.75) is 25.1 Å². The first-order valence-corrected chi connectivity index (χ1v) is 9.37. The number of carbonyl (C=O) groups is 1. The Morgan fingerprint density at radius 3 is 2.57 bits per heavy atom. The molecule has 0 bridgehead atoms. The van der Waals surface area contributed by atoms with Gasteiger partial charge in [-0.2, -0.15) is 13.2 Å². The van der Waals surface area contributed by atoms with Crippen molar-refractivity contribution in [1.82, 2.24) is 20.3 Å². The highest BCUT2D eigenvalue weighted by molar-refractivity contribution is 6.35. The summed E-state index contributed by atoms with van der Waals surface area (Å²) in [6, 6.07) is 8.82. The van der Waals surface area contributed by atoms with E-state index in [1.165, 1.54) is 41.9 Å². The summed E-state index contributed by atoms with van der Waals surface area (Å²) in [6.07, 6.45) is -4.22. The summed E-state index contributed by atoms with van der Waals surface area (Å²) in [6.45, 7) is 1.90. The lowest BCUT2D eigenvalue weighted by Crippen LogP contribution is -2.51. The van der Waals surface area contributed by atoms with Gasteiger partial charge in [0.15, 0.2) is 5.78 Å². The predicted molar refractivity (Wildman–Crippen MR) is 101 cm³/mol. The average Bonchev–Trinajstić information content (AvgIpc) is 3.13. The summed E-state index contributed by atoms with van der Waals surface area (Å²) in [7, 11) is 0. The Balaban J connectivity index is 1.79. The van der Waals surface area contributed by atoms with Crippen LogP contribution in [-0.2, 0) is 18.1 Å². The minimum atomic E-state index is -4.69. The predicted octanol–water partition coefficient (Wildman–Crippen LogP) is 4.32. The number of alkyl halides is 3. The van der Waals surface area contributed by atoms with Crippen molar-refractivity contribution in [3.63, 3.8) is 0 Å². The van der Waals surface area contributed by atoms with Crippen LogP contribution in [0.1, 0.15) is 34.2 Å². The topological polar surface area (TPSA) is 59.8 Å².